The quantitative estimate of drug-likeness (QED) is 0.770. The number of aromatic nitrogens is 1. The van der Waals surface area contributed by atoms with Crippen molar-refractivity contribution in [2.75, 3.05) is 0 Å². The molecule has 2 aromatic rings. The first-order valence-electron chi connectivity index (χ1n) is 9.11. The van der Waals surface area contributed by atoms with Gasteiger partial charge in [-0.05, 0) is 30.9 Å². The van der Waals surface area contributed by atoms with E-state index in [9.17, 15) is 18.0 Å². The van der Waals surface area contributed by atoms with E-state index in [4.69, 9.17) is 4.42 Å². The Morgan fingerprint density at radius 3 is 2.56 bits per heavy atom. The molecule has 1 aliphatic rings. The lowest BCUT2D eigenvalue weighted by atomic mass is 10.0. The van der Waals surface area contributed by atoms with Crippen LogP contribution in [0, 0.1) is 5.92 Å². The van der Waals surface area contributed by atoms with E-state index in [-0.39, 0.29) is 28.3 Å². The number of carbonyl (C=O) groups excluding carboxylic acids is 1. The Morgan fingerprint density at radius 1 is 1.26 bits per heavy atom. The highest BCUT2D eigenvalue weighted by atomic mass is 32.2. The van der Waals surface area contributed by atoms with Crippen molar-refractivity contribution in [1.82, 2.24) is 14.6 Å². The number of nitrogens with one attached hydrogen (secondary N) is 2. The first-order valence-corrected chi connectivity index (χ1v) is 10.6. The molecule has 2 N–H and O–H groups in total. The van der Waals surface area contributed by atoms with Gasteiger partial charge in [0.05, 0.1) is 10.4 Å². The highest BCUT2D eigenvalue weighted by Crippen LogP contribution is 2.20. The van der Waals surface area contributed by atoms with Gasteiger partial charge >= 0.3 is 5.76 Å². The summed E-state index contributed by atoms with van der Waals surface area (Å²) in [7, 11) is -2.42. The second kappa shape index (κ2) is 7.47. The van der Waals surface area contributed by atoms with Crippen LogP contribution >= 0.6 is 0 Å². The van der Waals surface area contributed by atoms with Gasteiger partial charge in [0.1, 0.15) is 6.04 Å². The maximum atomic E-state index is 12.8. The molecule has 1 amide bonds. The standard InChI is InChI=1S/C18H25N3O5S/c1-11(2)16(17(22)19-12-6-4-5-7-12)20-27(24,25)13-8-9-14-15(10-13)26-18(23)21(14)3/h8-12,16,20H,4-7H2,1-3H3,(H,19,22)/t16-/m0/s1. The van der Waals surface area contributed by atoms with Crippen molar-refractivity contribution in [3.63, 3.8) is 0 Å². The average molecular weight is 395 g/mol. The molecule has 8 nitrogen and oxygen atoms in total. The van der Waals surface area contributed by atoms with Crippen LogP contribution in [0.3, 0.4) is 0 Å². The van der Waals surface area contributed by atoms with E-state index in [1.165, 1.54) is 22.8 Å². The molecule has 1 aliphatic carbocycles. The smallest absolute Gasteiger partial charge is 0.408 e. The molecule has 0 radical (unpaired) electrons. The molecule has 9 heteroatoms. The summed E-state index contributed by atoms with van der Waals surface area (Å²) in [5, 5.41) is 2.95. The molecule has 0 spiro atoms. The molecular formula is C18H25N3O5S. The summed E-state index contributed by atoms with van der Waals surface area (Å²) in [5.41, 5.74) is 0.681. The van der Waals surface area contributed by atoms with Gasteiger partial charge in [-0.2, -0.15) is 4.72 Å². The number of hydrogen-bond donors (Lipinski definition) is 2. The number of nitrogens with zero attached hydrogens (tertiary/aromatic N) is 1. The van der Waals surface area contributed by atoms with Crippen molar-refractivity contribution < 1.29 is 17.6 Å². The molecular weight excluding hydrogens is 370 g/mol. The molecule has 1 saturated carbocycles. The van der Waals surface area contributed by atoms with Crippen molar-refractivity contribution in [3.05, 3.63) is 28.7 Å². The van der Waals surface area contributed by atoms with E-state index in [2.05, 4.69) is 10.0 Å². The van der Waals surface area contributed by atoms with Gasteiger partial charge in [-0.15, -0.1) is 0 Å². The Morgan fingerprint density at radius 2 is 1.93 bits per heavy atom. The van der Waals surface area contributed by atoms with Gasteiger partial charge in [0.15, 0.2) is 5.58 Å². The van der Waals surface area contributed by atoms with E-state index in [1.54, 1.807) is 20.9 Å². The minimum absolute atomic E-state index is 0.0522. The molecule has 3 rings (SSSR count). The number of benzene rings is 1. The van der Waals surface area contributed by atoms with Crippen molar-refractivity contribution in [1.29, 1.82) is 0 Å². The molecule has 1 heterocycles. The molecule has 148 valence electrons. The molecule has 1 fully saturated rings. The van der Waals surface area contributed by atoms with E-state index < -0.39 is 21.8 Å². The maximum absolute atomic E-state index is 12.8. The van der Waals surface area contributed by atoms with Crippen LogP contribution in [-0.2, 0) is 21.9 Å². The second-order valence-electron chi connectivity index (χ2n) is 7.39. The lowest BCUT2D eigenvalue weighted by molar-refractivity contribution is -0.124. The molecule has 27 heavy (non-hydrogen) atoms. The van der Waals surface area contributed by atoms with Crippen LogP contribution in [0.1, 0.15) is 39.5 Å². The van der Waals surface area contributed by atoms with Gasteiger partial charge in [-0.1, -0.05) is 26.7 Å². The Kier molecular flexibility index (Phi) is 5.43. The van der Waals surface area contributed by atoms with Crippen LogP contribution in [-0.4, -0.2) is 31.0 Å². The van der Waals surface area contributed by atoms with Gasteiger partial charge < -0.3 is 9.73 Å². The van der Waals surface area contributed by atoms with E-state index >= 15 is 0 Å². The van der Waals surface area contributed by atoms with Crippen molar-refractivity contribution >= 4 is 27.0 Å². The Hall–Kier alpha value is -2.13. The minimum atomic E-state index is -3.96. The Labute approximate surface area is 158 Å². The summed E-state index contributed by atoms with van der Waals surface area (Å²) in [6.07, 6.45) is 4.00. The molecule has 0 saturated heterocycles. The first kappa shape index (κ1) is 19.6. The van der Waals surface area contributed by atoms with Gasteiger partial charge in [0.2, 0.25) is 15.9 Å². The van der Waals surface area contributed by atoms with E-state index in [0.717, 1.165) is 25.7 Å². The highest BCUT2D eigenvalue weighted by molar-refractivity contribution is 7.89. The first-order chi connectivity index (χ1) is 12.7. The third-order valence-corrected chi connectivity index (χ3v) is 6.45. The predicted octanol–water partition coefficient (Wildman–Crippen LogP) is 1.49. The van der Waals surface area contributed by atoms with Gasteiger partial charge in [-0.3, -0.25) is 9.36 Å². The van der Waals surface area contributed by atoms with Crippen LogP contribution in [0.25, 0.3) is 11.1 Å². The number of aryl methyl sites for hydroxylation is 1. The molecule has 1 aromatic carbocycles. The summed E-state index contributed by atoms with van der Waals surface area (Å²) in [4.78, 5) is 24.2. The Bertz CT molecular complexity index is 1000. The van der Waals surface area contributed by atoms with Crippen LogP contribution in [0.5, 0.6) is 0 Å². The normalized spacial score (nSPS) is 16.9. The van der Waals surface area contributed by atoms with Gasteiger partial charge in [0, 0.05) is 19.2 Å². The minimum Gasteiger partial charge on any atom is -0.408 e. The van der Waals surface area contributed by atoms with Gasteiger partial charge in [0.25, 0.3) is 0 Å². The summed E-state index contributed by atoms with van der Waals surface area (Å²) < 4.78 is 34.5. The maximum Gasteiger partial charge on any atom is 0.419 e. The topological polar surface area (TPSA) is 110 Å². The fourth-order valence-corrected chi connectivity index (χ4v) is 4.73. The van der Waals surface area contributed by atoms with Crippen LogP contribution in [0.4, 0.5) is 0 Å². The largest absolute Gasteiger partial charge is 0.419 e. The zero-order valence-electron chi connectivity index (χ0n) is 15.7. The lowest BCUT2D eigenvalue weighted by Crippen LogP contribution is -2.51. The number of carbonyl (C=O) groups is 1. The summed E-state index contributed by atoms with van der Waals surface area (Å²) >= 11 is 0. The van der Waals surface area contributed by atoms with Gasteiger partial charge in [-0.25, -0.2) is 13.2 Å². The predicted molar refractivity (Wildman–Crippen MR) is 101 cm³/mol. The summed E-state index contributed by atoms with van der Waals surface area (Å²) in [6.45, 7) is 3.59. The number of oxazole rings is 1. The van der Waals surface area contributed by atoms with Crippen LogP contribution < -0.4 is 15.8 Å². The number of hydrogen-bond acceptors (Lipinski definition) is 5. The van der Waals surface area contributed by atoms with Crippen LogP contribution in [0.2, 0.25) is 0 Å². The van der Waals surface area contributed by atoms with Crippen molar-refractivity contribution in [2.24, 2.45) is 13.0 Å². The van der Waals surface area contributed by atoms with Crippen molar-refractivity contribution in [2.45, 2.75) is 56.5 Å². The number of fused-ring (bicyclic) bond motifs is 1. The molecule has 1 aromatic heterocycles. The molecule has 0 unspecified atom stereocenters. The average Bonchev–Trinajstić information content (AvgIpc) is 3.20. The molecule has 1 atom stereocenters. The summed E-state index contributed by atoms with van der Waals surface area (Å²) in [6, 6.07) is 3.43. The molecule has 0 aliphatic heterocycles. The number of amides is 1. The zero-order valence-corrected chi connectivity index (χ0v) is 16.5. The number of sulfonamides is 1. The SMILES string of the molecule is CC(C)[C@H](NS(=O)(=O)c1ccc2c(c1)oc(=O)n2C)C(=O)NC1CCCC1. The third-order valence-electron chi connectivity index (χ3n) is 5.01. The number of rotatable bonds is 6. The zero-order chi connectivity index (χ0) is 19.8. The lowest BCUT2D eigenvalue weighted by Gasteiger charge is -2.23. The fraction of sp³-hybridized carbons (Fsp3) is 0.556. The van der Waals surface area contributed by atoms with Crippen molar-refractivity contribution in [3.8, 4) is 0 Å². The van der Waals surface area contributed by atoms with E-state index in [1.807, 2.05) is 0 Å². The fourth-order valence-electron chi connectivity index (χ4n) is 3.37. The highest BCUT2D eigenvalue weighted by Gasteiger charge is 2.30. The Balaban J connectivity index is 1.83. The summed E-state index contributed by atoms with van der Waals surface area (Å²) in [5.74, 6) is -1.10. The third kappa shape index (κ3) is 4.08. The van der Waals surface area contributed by atoms with E-state index in [0.29, 0.717) is 5.52 Å². The molecule has 0 bridgehead atoms. The second-order valence-corrected chi connectivity index (χ2v) is 9.10. The van der Waals surface area contributed by atoms with Crippen LogP contribution in [0.15, 0.2) is 32.3 Å². The monoisotopic (exact) mass is 395 g/mol.